The van der Waals surface area contributed by atoms with Crippen LogP contribution in [0.5, 0.6) is 0 Å². The molecule has 4 aromatic rings. The molecule has 182 valence electrons. The van der Waals surface area contributed by atoms with Crippen LogP contribution < -0.4 is 4.90 Å². The van der Waals surface area contributed by atoms with Gasteiger partial charge in [0.2, 0.25) is 0 Å². The van der Waals surface area contributed by atoms with Crippen LogP contribution in [-0.4, -0.2) is 56.0 Å². The predicted molar refractivity (Wildman–Crippen MR) is 128 cm³/mol. The van der Waals surface area contributed by atoms with Crippen LogP contribution >= 0.6 is 0 Å². The van der Waals surface area contributed by atoms with E-state index in [2.05, 4.69) is 31.2 Å². The molecule has 0 bridgehead atoms. The minimum absolute atomic E-state index is 0.167. The molecule has 0 atom stereocenters. The number of pyridine rings is 1. The molecule has 5 rings (SSSR count). The Morgan fingerprint density at radius 3 is 2.40 bits per heavy atom. The highest BCUT2D eigenvalue weighted by atomic mass is 19.4. The predicted octanol–water partition coefficient (Wildman–Crippen LogP) is 4.54. The molecular formula is C25H26F3N7. The van der Waals surface area contributed by atoms with E-state index in [9.17, 15) is 13.2 Å². The minimum Gasteiger partial charge on any atom is -0.354 e. The van der Waals surface area contributed by atoms with Crippen LogP contribution in [0.1, 0.15) is 24.1 Å². The first kappa shape index (κ1) is 23.2. The summed E-state index contributed by atoms with van der Waals surface area (Å²) in [6.07, 6.45) is 0.108. The Kier molecular flexibility index (Phi) is 6.14. The van der Waals surface area contributed by atoms with E-state index in [0.29, 0.717) is 0 Å². The van der Waals surface area contributed by atoms with Crippen molar-refractivity contribution in [3.05, 3.63) is 66.1 Å². The van der Waals surface area contributed by atoms with Gasteiger partial charge in [-0.3, -0.25) is 14.6 Å². The van der Waals surface area contributed by atoms with Crippen LogP contribution in [-0.2, 0) is 19.8 Å². The van der Waals surface area contributed by atoms with Crippen LogP contribution in [0.4, 0.5) is 19.0 Å². The zero-order valence-corrected chi connectivity index (χ0v) is 19.6. The Balaban J connectivity index is 1.33. The van der Waals surface area contributed by atoms with Crippen molar-refractivity contribution in [1.82, 2.24) is 29.9 Å². The third-order valence-corrected chi connectivity index (χ3v) is 6.70. The molecule has 0 unspecified atom stereocenters. The summed E-state index contributed by atoms with van der Waals surface area (Å²) in [5.74, 6) is 0.833. The normalized spacial score (nSPS) is 15.3. The SMILES string of the molecule is CN(Cc1cccnc1C(F)(F)F)C1CCN(c2nnc(-c3ccnn3C)c3ccccc23)CC1. The first-order valence-electron chi connectivity index (χ1n) is 11.5. The van der Waals surface area contributed by atoms with Gasteiger partial charge in [0.25, 0.3) is 0 Å². The molecule has 0 spiro atoms. The zero-order chi connectivity index (χ0) is 24.6. The van der Waals surface area contributed by atoms with Crippen LogP contribution in [0, 0.1) is 0 Å². The number of aromatic nitrogens is 5. The molecule has 4 heterocycles. The number of piperidine rings is 1. The number of hydrogen-bond acceptors (Lipinski definition) is 6. The molecule has 0 N–H and O–H groups in total. The van der Waals surface area contributed by atoms with Gasteiger partial charge in [-0.15, -0.1) is 10.2 Å². The summed E-state index contributed by atoms with van der Waals surface area (Å²) in [5.41, 5.74) is 1.08. The highest BCUT2D eigenvalue weighted by Gasteiger charge is 2.35. The number of nitrogens with zero attached hydrogens (tertiary/aromatic N) is 7. The standard InChI is InChI=1S/C25H26F3N7/c1-33(16-17-6-5-12-29-23(17)25(26,27)28)18-10-14-35(15-11-18)24-20-8-4-3-7-19(20)22(31-32-24)21-9-13-30-34(21)2/h3-9,12-13,18H,10-11,14-16H2,1-2H3. The van der Waals surface area contributed by atoms with Crippen molar-refractivity contribution in [2.24, 2.45) is 7.05 Å². The maximum absolute atomic E-state index is 13.3. The highest BCUT2D eigenvalue weighted by molar-refractivity contribution is 5.99. The summed E-state index contributed by atoms with van der Waals surface area (Å²) >= 11 is 0. The van der Waals surface area contributed by atoms with Gasteiger partial charge in [0.15, 0.2) is 5.82 Å². The molecule has 0 radical (unpaired) electrons. The molecule has 3 aromatic heterocycles. The summed E-state index contributed by atoms with van der Waals surface area (Å²) in [6, 6.07) is 13.2. The van der Waals surface area contributed by atoms with Crippen LogP contribution in [0.3, 0.4) is 0 Å². The van der Waals surface area contributed by atoms with Gasteiger partial charge < -0.3 is 4.90 Å². The number of hydrogen-bond donors (Lipinski definition) is 0. The summed E-state index contributed by atoms with van der Waals surface area (Å²) in [5, 5.41) is 15.4. The second-order valence-corrected chi connectivity index (χ2v) is 8.90. The zero-order valence-electron chi connectivity index (χ0n) is 19.6. The van der Waals surface area contributed by atoms with Crippen molar-refractivity contribution in [3.63, 3.8) is 0 Å². The largest absolute Gasteiger partial charge is 0.433 e. The Hall–Kier alpha value is -3.53. The van der Waals surface area contributed by atoms with Crippen molar-refractivity contribution < 1.29 is 13.2 Å². The summed E-state index contributed by atoms with van der Waals surface area (Å²) in [6.45, 7) is 1.70. The highest BCUT2D eigenvalue weighted by Crippen LogP contribution is 2.34. The van der Waals surface area contributed by atoms with Gasteiger partial charge in [-0.05, 0) is 37.6 Å². The lowest BCUT2D eigenvalue weighted by atomic mass is 10.0. The fraction of sp³-hybridized carbons (Fsp3) is 0.360. The second-order valence-electron chi connectivity index (χ2n) is 8.90. The quantitative estimate of drug-likeness (QED) is 0.417. The van der Waals surface area contributed by atoms with E-state index in [0.717, 1.165) is 53.9 Å². The van der Waals surface area contributed by atoms with Crippen LogP contribution in [0.25, 0.3) is 22.2 Å². The third kappa shape index (κ3) is 4.58. The first-order chi connectivity index (χ1) is 16.8. The maximum Gasteiger partial charge on any atom is 0.433 e. The van der Waals surface area contributed by atoms with Gasteiger partial charge in [-0.25, -0.2) is 0 Å². The number of benzene rings is 1. The van der Waals surface area contributed by atoms with Gasteiger partial charge in [0, 0.05) is 55.9 Å². The molecule has 1 aliphatic rings. The first-order valence-corrected chi connectivity index (χ1v) is 11.5. The van der Waals surface area contributed by atoms with Crippen molar-refractivity contribution in [2.75, 3.05) is 25.0 Å². The lowest BCUT2D eigenvalue weighted by Gasteiger charge is -2.37. The van der Waals surface area contributed by atoms with E-state index in [-0.39, 0.29) is 18.2 Å². The summed E-state index contributed by atoms with van der Waals surface area (Å²) in [4.78, 5) is 7.80. The summed E-state index contributed by atoms with van der Waals surface area (Å²) in [7, 11) is 3.76. The monoisotopic (exact) mass is 481 g/mol. The summed E-state index contributed by atoms with van der Waals surface area (Å²) < 4.78 is 41.8. The average molecular weight is 482 g/mol. The van der Waals surface area contributed by atoms with E-state index in [1.165, 1.54) is 12.3 Å². The minimum atomic E-state index is -4.46. The van der Waals surface area contributed by atoms with Gasteiger partial charge in [-0.2, -0.15) is 18.3 Å². The number of rotatable bonds is 5. The van der Waals surface area contributed by atoms with Crippen molar-refractivity contribution in [2.45, 2.75) is 31.6 Å². The van der Waals surface area contributed by atoms with Gasteiger partial charge in [-0.1, -0.05) is 30.3 Å². The molecule has 1 fully saturated rings. The molecule has 1 aromatic carbocycles. The average Bonchev–Trinajstić information content (AvgIpc) is 3.28. The van der Waals surface area contributed by atoms with Crippen molar-refractivity contribution in [3.8, 4) is 11.4 Å². The Morgan fingerprint density at radius 2 is 1.71 bits per heavy atom. The number of aryl methyl sites for hydroxylation is 1. The van der Waals surface area contributed by atoms with Gasteiger partial charge >= 0.3 is 6.18 Å². The van der Waals surface area contributed by atoms with Crippen molar-refractivity contribution in [1.29, 1.82) is 0 Å². The Morgan fingerprint density at radius 1 is 0.971 bits per heavy atom. The van der Waals surface area contributed by atoms with E-state index < -0.39 is 11.9 Å². The third-order valence-electron chi connectivity index (χ3n) is 6.70. The fourth-order valence-electron chi connectivity index (χ4n) is 4.86. The molecule has 35 heavy (non-hydrogen) atoms. The topological polar surface area (TPSA) is 63.0 Å². The molecular weight excluding hydrogens is 455 g/mol. The van der Waals surface area contributed by atoms with Crippen LogP contribution in [0.15, 0.2) is 54.9 Å². The van der Waals surface area contributed by atoms with E-state index in [4.69, 9.17) is 0 Å². The number of fused-ring (bicyclic) bond motifs is 1. The molecule has 1 aliphatic heterocycles. The lowest BCUT2D eigenvalue weighted by Crippen LogP contribution is -2.43. The second kappa shape index (κ2) is 9.26. The maximum atomic E-state index is 13.3. The molecule has 0 saturated carbocycles. The van der Waals surface area contributed by atoms with E-state index in [1.807, 2.05) is 43.3 Å². The lowest BCUT2D eigenvalue weighted by molar-refractivity contribution is -0.142. The molecule has 0 aliphatic carbocycles. The number of anilines is 1. The van der Waals surface area contributed by atoms with Gasteiger partial charge in [0.1, 0.15) is 11.4 Å². The molecule has 10 heteroatoms. The fourth-order valence-corrected chi connectivity index (χ4v) is 4.86. The number of alkyl halides is 3. The van der Waals surface area contributed by atoms with Gasteiger partial charge in [0.05, 0.1) is 5.69 Å². The molecule has 0 amide bonds. The Labute approximate surface area is 201 Å². The van der Waals surface area contributed by atoms with E-state index in [1.54, 1.807) is 16.9 Å². The van der Waals surface area contributed by atoms with Crippen LogP contribution in [0.2, 0.25) is 0 Å². The van der Waals surface area contributed by atoms with Crippen molar-refractivity contribution >= 4 is 16.6 Å². The van der Waals surface area contributed by atoms with E-state index >= 15 is 0 Å². The molecule has 7 nitrogen and oxygen atoms in total. The Bertz CT molecular complexity index is 1330. The molecule has 1 saturated heterocycles. The smallest absolute Gasteiger partial charge is 0.354 e. The number of halogens is 3.